The number of nitrogens with one attached hydrogen (secondary N) is 1. The molecule has 0 aliphatic carbocycles. The van der Waals surface area contributed by atoms with Crippen LogP contribution in [0.4, 0.5) is 5.69 Å². The highest BCUT2D eigenvalue weighted by Gasteiger charge is 2.30. The molecule has 0 unspecified atom stereocenters. The number of benzene rings is 2. The Kier molecular flexibility index (Phi) is 9.28. The van der Waals surface area contributed by atoms with E-state index in [-0.39, 0.29) is 12.5 Å². The van der Waals surface area contributed by atoms with Gasteiger partial charge >= 0.3 is 0 Å². The quantitative estimate of drug-likeness (QED) is 0.539. The van der Waals surface area contributed by atoms with Crippen molar-refractivity contribution in [2.75, 3.05) is 30.8 Å². The molecule has 9 heteroatoms. The van der Waals surface area contributed by atoms with Gasteiger partial charge in [-0.1, -0.05) is 31.2 Å². The van der Waals surface area contributed by atoms with Crippen molar-refractivity contribution in [2.24, 2.45) is 0 Å². The summed E-state index contributed by atoms with van der Waals surface area (Å²) >= 11 is 0. The number of methoxy groups -OCH3 is 1. The Morgan fingerprint density at radius 3 is 2.33 bits per heavy atom. The molecule has 0 spiro atoms. The number of hydrogen-bond donors (Lipinski definition) is 1. The van der Waals surface area contributed by atoms with Crippen molar-refractivity contribution in [3.05, 3.63) is 59.7 Å². The SMILES string of the molecule is CCCNC(=O)[C@H](C)N(Cc1ccc(OC)cc1)C(=O)CN(c1cccc(C)c1)S(C)(=O)=O. The topological polar surface area (TPSA) is 96.0 Å². The van der Waals surface area contributed by atoms with E-state index in [0.717, 1.165) is 28.1 Å². The highest BCUT2D eigenvalue weighted by atomic mass is 32.2. The zero-order chi connectivity index (χ0) is 24.6. The normalized spacial score (nSPS) is 12.0. The second kappa shape index (κ2) is 11.7. The van der Waals surface area contributed by atoms with Gasteiger partial charge in [-0.3, -0.25) is 13.9 Å². The standard InChI is InChI=1S/C24H33N3O5S/c1-6-14-25-24(29)19(3)26(16-20-10-12-22(32-4)13-11-20)23(28)17-27(33(5,30)31)21-9-7-8-18(2)15-21/h7-13,15,19H,6,14,16-17H2,1-5H3,(H,25,29)/t19-/m0/s1. The van der Waals surface area contributed by atoms with Crippen molar-refractivity contribution in [3.63, 3.8) is 0 Å². The molecule has 0 fully saturated rings. The maximum Gasteiger partial charge on any atom is 0.244 e. The van der Waals surface area contributed by atoms with Gasteiger partial charge < -0.3 is 15.0 Å². The van der Waals surface area contributed by atoms with Gasteiger partial charge in [-0.05, 0) is 55.7 Å². The molecule has 1 N–H and O–H groups in total. The molecule has 2 aromatic carbocycles. The Bertz CT molecular complexity index is 1050. The van der Waals surface area contributed by atoms with Gasteiger partial charge in [0.1, 0.15) is 18.3 Å². The Morgan fingerprint density at radius 2 is 1.79 bits per heavy atom. The molecule has 2 aromatic rings. The summed E-state index contributed by atoms with van der Waals surface area (Å²) in [6, 6.07) is 13.3. The maximum atomic E-state index is 13.4. The summed E-state index contributed by atoms with van der Waals surface area (Å²) in [6.07, 6.45) is 1.83. The molecular weight excluding hydrogens is 442 g/mol. The van der Waals surface area contributed by atoms with Crippen molar-refractivity contribution in [2.45, 2.75) is 39.8 Å². The number of carbonyl (C=O) groups is 2. The number of carbonyl (C=O) groups excluding carboxylic acids is 2. The first-order valence-corrected chi connectivity index (χ1v) is 12.7. The number of rotatable bonds is 11. The van der Waals surface area contributed by atoms with Crippen LogP contribution in [-0.4, -0.2) is 57.6 Å². The van der Waals surface area contributed by atoms with Crippen LogP contribution in [0.25, 0.3) is 0 Å². The first-order valence-electron chi connectivity index (χ1n) is 10.8. The van der Waals surface area contributed by atoms with Crippen LogP contribution >= 0.6 is 0 Å². The van der Waals surface area contributed by atoms with E-state index in [9.17, 15) is 18.0 Å². The summed E-state index contributed by atoms with van der Waals surface area (Å²) in [5.41, 5.74) is 2.06. The number of anilines is 1. The molecule has 0 radical (unpaired) electrons. The van der Waals surface area contributed by atoms with Crippen LogP contribution in [0.5, 0.6) is 5.75 Å². The van der Waals surface area contributed by atoms with Gasteiger partial charge in [0.2, 0.25) is 21.8 Å². The number of hydrogen-bond acceptors (Lipinski definition) is 5. The maximum absolute atomic E-state index is 13.4. The molecule has 1 atom stereocenters. The zero-order valence-electron chi connectivity index (χ0n) is 19.9. The van der Waals surface area contributed by atoms with Crippen LogP contribution in [0.2, 0.25) is 0 Å². The molecular formula is C24H33N3O5S. The monoisotopic (exact) mass is 475 g/mol. The zero-order valence-corrected chi connectivity index (χ0v) is 20.7. The Balaban J connectivity index is 2.36. The fourth-order valence-corrected chi connectivity index (χ4v) is 4.14. The van der Waals surface area contributed by atoms with E-state index >= 15 is 0 Å². The minimum atomic E-state index is -3.74. The summed E-state index contributed by atoms with van der Waals surface area (Å²) in [5, 5.41) is 2.81. The highest BCUT2D eigenvalue weighted by molar-refractivity contribution is 7.92. The average molecular weight is 476 g/mol. The van der Waals surface area contributed by atoms with E-state index in [1.165, 1.54) is 4.90 Å². The lowest BCUT2D eigenvalue weighted by Gasteiger charge is -2.31. The predicted octanol–water partition coefficient (Wildman–Crippen LogP) is 2.71. The lowest BCUT2D eigenvalue weighted by molar-refractivity contribution is -0.139. The van der Waals surface area contributed by atoms with Crippen molar-refractivity contribution >= 4 is 27.5 Å². The summed E-state index contributed by atoms with van der Waals surface area (Å²) in [7, 11) is -2.17. The summed E-state index contributed by atoms with van der Waals surface area (Å²) < 4.78 is 31.3. The molecule has 8 nitrogen and oxygen atoms in total. The number of ether oxygens (including phenoxy) is 1. The minimum absolute atomic E-state index is 0.148. The summed E-state index contributed by atoms with van der Waals surface area (Å²) in [4.78, 5) is 27.5. The van der Waals surface area contributed by atoms with Gasteiger partial charge in [-0.2, -0.15) is 0 Å². The third-order valence-electron chi connectivity index (χ3n) is 5.20. The third kappa shape index (κ3) is 7.49. The van der Waals surface area contributed by atoms with Crippen molar-refractivity contribution in [3.8, 4) is 5.75 Å². The second-order valence-electron chi connectivity index (χ2n) is 7.95. The van der Waals surface area contributed by atoms with E-state index in [1.807, 2.05) is 32.0 Å². The first kappa shape index (κ1) is 26.2. The number of aryl methyl sites for hydroxylation is 1. The van der Waals surface area contributed by atoms with Crippen molar-refractivity contribution in [1.29, 1.82) is 0 Å². The largest absolute Gasteiger partial charge is 0.497 e. The van der Waals surface area contributed by atoms with Crippen LogP contribution in [0, 0.1) is 6.92 Å². The molecule has 2 rings (SSSR count). The van der Waals surface area contributed by atoms with Crippen LogP contribution in [0.1, 0.15) is 31.4 Å². The average Bonchev–Trinajstić information content (AvgIpc) is 2.78. The molecule has 2 amide bonds. The van der Waals surface area contributed by atoms with E-state index in [0.29, 0.717) is 18.0 Å². The molecule has 33 heavy (non-hydrogen) atoms. The Morgan fingerprint density at radius 1 is 1.12 bits per heavy atom. The van der Waals surface area contributed by atoms with E-state index in [1.54, 1.807) is 44.4 Å². The highest BCUT2D eigenvalue weighted by Crippen LogP contribution is 2.20. The van der Waals surface area contributed by atoms with E-state index in [2.05, 4.69) is 5.32 Å². The Hall–Kier alpha value is -3.07. The molecule has 0 aliphatic heterocycles. The summed E-state index contributed by atoms with van der Waals surface area (Å²) in [5.74, 6) is -0.0925. The van der Waals surface area contributed by atoms with E-state index < -0.39 is 28.5 Å². The summed E-state index contributed by atoms with van der Waals surface area (Å²) in [6.45, 7) is 5.66. The lowest BCUT2D eigenvalue weighted by Crippen LogP contribution is -2.51. The van der Waals surface area contributed by atoms with Crippen LogP contribution in [-0.2, 0) is 26.2 Å². The van der Waals surface area contributed by atoms with Gasteiger partial charge in [0.25, 0.3) is 0 Å². The third-order valence-corrected chi connectivity index (χ3v) is 6.34. The van der Waals surface area contributed by atoms with Gasteiger partial charge in [-0.15, -0.1) is 0 Å². The molecule has 0 heterocycles. The number of sulfonamides is 1. The van der Waals surface area contributed by atoms with Gasteiger partial charge in [0.05, 0.1) is 19.1 Å². The molecule has 0 aliphatic rings. The molecule has 0 bridgehead atoms. The van der Waals surface area contributed by atoms with Crippen LogP contribution < -0.4 is 14.4 Å². The first-order chi connectivity index (χ1) is 15.6. The molecule has 0 saturated heterocycles. The second-order valence-corrected chi connectivity index (χ2v) is 9.85. The van der Waals surface area contributed by atoms with Crippen molar-refractivity contribution in [1.82, 2.24) is 10.2 Å². The van der Waals surface area contributed by atoms with Crippen molar-refractivity contribution < 1.29 is 22.7 Å². The van der Waals surface area contributed by atoms with Crippen LogP contribution in [0.15, 0.2) is 48.5 Å². The number of amides is 2. The minimum Gasteiger partial charge on any atom is -0.497 e. The Labute approximate surface area is 196 Å². The van der Waals surface area contributed by atoms with Gasteiger partial charge in [0.15, 0.2) is 0 Å². The predicted molar refractivity (Wildman–Crippen MR) is 130 cm³/mol. The van der Waals surface area contributed by atoms with Crippen LogP contribution in [0.3, 0.4) is 0 Å². The fourth-order valence-electron chi connectivity index (χ4n) is 3.30. The smallest absolute Gasteiger partial charge is 0.244 e. The van der Waals surface area contributed by atoms with E-state index in [4.69, 9.17) is 4.74 Å². The lowest BCUT2D eigenvalue weighted by atomic mass is 10.1. The number of nitrogens with zero attached hydrogens (tertiary/aromatic N) is 2. The molecule has 0 aromatic heterocycles. The van der Waals surface area contributed by atoms with Gasteiger partial charge in [-0.25, -0.2) is 8.42 Å². The molecule has 180 valence electrons. The fraction of sp³-hybridized carbons (Fsp3) is 0.417. The van der Waals surface area contributed by atoms with Gasteiger partial charge in [0, 0.05) is 13.1 Å². The molecule has 0 saturated carbocycles.